The molecule has 0 aliphatic rings. The number of rotatable bonds is 4. The van der Waals surface area contributed by atoms with Crippen molar-refractivity contribution in [1.82, 2.24) is 4.98 Å². The van der Waals surface area contributed by atoms with Gasteiger partial charge in [0.1, 0.15) is 11.5 Å². The smallest absolute Gasteiger partial charge is 0.317 e. The molecule has 3 aromatic rings. The Morgan fingerprint density at radius 3 is 2.67 bits per heavy atom. The number of benzene rings is 2. The van der Waals surface area contributed by atoms with E-state index in [2.05, 4.69) is 4.98 Å². The van der Waals surface area contributed by atoms with E-state index in [1.54, 1.807) is 19.1 Å². The quantitative estimate of drug-likeness (QED) is 0.507. The maximum Gasteiger partial charge on any atom is 0.317 e. The highest BCUT2D eigenvalue weighted by Gasteiger charge is 2.17. The van der Waals surface area contributed by atoms with Crippen LogP contribution < -0.4 is 4.74 Å². The molecule has 2 aromatic carbocycles. The first-order chi connectivity index (χ1) is 11.5. The highest BCUT2D eigenvalue weighted by Crippen LogP contribution is 2.26. The summed E-state index contributed by atoms with van der Waals surface area (Å²) in [7, 11) is 0. The van der Waals surface area contributed by atoms with Gasteiger partial charge >= 0.3 is 5.97 Å². The van der Waals surface area contributed by atoms with E-state index in [-0.39, 0.29) is 6.42 Å². The van der Waals surface area contributed by atoms with Crippen molar-refractivity contribution >= 4 is 17.6 Å². The zero-order valence-corrected chi connectivity index (χ0v) is 14.1. The summed E-state index contributed by atoms with van der Waals surface area (Å²) >= 11 is 6.05. The largest absolute Gasteiger partial charge is 0.441 e. The van der Waals surface area contributed by atoms with Gasteiger partial charge in [-0.3, -0.25) is 4.79 Å². The minimum Gasteiger partial charge on any atom is -0.441 e. The Morgan fingerprint density at radius 2 is 1.92 bits per heavy atom. The molecule has 0 radical (unpaired) electrons. The minimum atomic E-state index is -0.432. The summed E-state index contributed by atoms with van der Waals surface area (Å²) in [5, 5.41) is 0.399. The van der Waals surface area contributed by atoms with E-state index in [1.807, 2.05) is 43.3 Å². The lowest BCUT2D eigenvalue weighted by Crippen LogP contribution is -2.12. The number of esters is 1. The van der Waals surface area contributed by atoms with Gasteiger partial charge in [0.25, 0.3) is 0 Å². The second-order valence-electron chi connectivity index (χ2n) is 5.47. The summed E-state index contributed by atoms with van der Waals surface area (Å²) < 4.78 is 11.0. The Kier molecular flexibility index (Phi) is 4.67. The number of oxazole rings is 1. The summed E-state index contributed by atoms with van der Waals surface area (Å²) in [6, 6.07) is 14.8. The number of carbonyl (C=O) groups excluding carboxylic acids is 1. The molecule has 5 heteroatoms. The molecular formula is C19H16ClNO3. The number of halogens is 1. The van der Waals surface area contributed by atoms with E-state index in [1.165, 1.54) is 0 Å². The van der Waals surface area contributed by atoms with Gasteiger partial charge in [0.05, 0.1) is 17.1 Å². The summed E-state index contributed by atoms with van der Waals surface area (Å²) in [6.07, 6.45) is 0.0203. The molecule has 0 aliphatic heterocycles. The summed E-state index contributed by atoms with van der Waals surface area (Å²) in [5.41, 5.74) is 2.38. The van der Waals surface area contributed by atoms with Gasteiger partial charge in [-0.1, -0.05) is 35.9 Å². The average Bonchev–Trinajstić information content (AvgIpc) is 2.92. The summed E-state index contributed by atoms with van der Waals surface area (Å²) in [6.45, 7) is 3.68. The van der Waals surface area contributed by atoms with E-state index in [0.717, 1.165) is 11.1 Å². The number of hydrogen-bond acceptors (Lipinski definition) is 4. The fourth-order valence-electron chi connectivity index (χ4n) is 2.28. The van der Waals surface area contributed by atoms with Crippen LogP contribution >= 0.6 is 11.6 Å². The number of nitrogens with zero attached hydrogens (tertiary/aromatic N) is 1. The van der Waals surface area contributed by atoms with Gasteiger partial charge < -0.3 is 9.15 Å². The zero-order chi connectivity index (χ0) is 17.1. The Bertz CT molecular complexity index is 872. The maximum absolute atomic E-state index is 12.2. The lowest BCUT2D eigenvalue weighted by molar-refractivity contribution is -0.133. The van der Waals surface area contributed by atoms with Crippen LogP contribution in [0.3, 0.4) is 0 Å². The van der Waals surface area contributed by atoms with Gasteiger partial charge in [0, 0.05) is 5.56 Å². The van der Waals surface area contributed by atoms with Crippen LogP contribution in [0, 0.1) is 13.8 Å². The third-order valence-electron chi connectivity index (χ3n) is 3.54. The molecule has 0 amide bonds. The van der Waals surface area contributed by atoms with Crippen LogP contribution in [0.5, 0.6) is 5.75 Å². The molecule has 0 fully saturated rings. The van der Waals surface area contributed by atoms with Crippen molar-refractivity contribution in [2.24, 2.45) is 0 Å². The van der Waals surface area contributed by atoms with Crippen molar-refractivity contribution in [1.29, 1.82) is 0 Å². The van der Waals surface area contributed by atoms with E-state index in [4.69, 9.17) is 20.8 Å². The van der Waals surface area contributed by atoms with Crippen molar-refractivity contribution in [2.45, 2.75) is 20.3 Å². The molecule has 0 N–H and O–H groups in total. The van der Waals surface area contributed by atoms with Crippen LogP contribution in [0.15, 0.2) is 52.9 Å². The Labute approximate surface area is 145 Å². The van der Waals surface area contributed by atoms with Gasteiger partial charge in [-0.25, -0.2) is 4.98 Å². The first-order valence-electron chi connectivity index (χ1n) is 7.51. The van der Waals surface area contributed by atoms with Gasteiger partial charge in [0.15, 0.2) is 0 Å². The summed E-state index contributed by atoms with van der Waals surface area (Å²) in [4.78, 5) is 16.6. The molecule has 24 heavy (non-hydrogen) atoms. The zero-order valence-electron chi connectivity index (χ0n) is 13.4. The monoisotopic (exact) mass is 341 g/mol. The molecule has 122 valence electrons. The van der Waals surface area contributed by atoms with E-state index in [0.29, 0.717) is 28.1 Å². The number of hydrogen-bond donors (Lipinski definition) is 0. The molecule has 1 aromatic heterocycles. The van der Waals surface area contributed by atoms with Crippen molar-refractivity contribution < 1.29 is 13.9 Å². The highest BCUT2D eigenvalue weighted by atomic mass is 35.5. The number of carbonyl (C=O) groups is 1. The topological polar surface area (TPSA) is 52.3 Å². The molecule has 0 saturated heterocycles. The molecule has 0 spiro atoms. The van der Waals surface area contributed by atoms with Crippen LogP contribution in [-0.2, 0) is 11.2 Å². The Hall–Kier alpha value is -2.59. The highest BCUT2D eigenvalue weighted by molar-refractivity contribution is 6.32. The van der Waals surface area contributed by atoms with E-state index in [9.17, 15) is 4.79 Å². The molecule has 1 heterocycles. The second kappa shape index (κ2) is 6.89. The first-order valence-corrected chi connectivity index (χ1v) is 7.89. The maximum atomic E-state index is 12.2. The summed E-state index contributed by atoms with van der Waals surface area (Å²) in [5.74, 6) is 1.01. The van der Waals surface area contributed by atoms with Crippen molar-refractivity contribution in [3.8, 4) is 17.2 Å². The van der Waals surface area contributed by atoms with Crippen LogP contribution in [0.1, 0.15) is 17.0 Å². The predicted molar refractivity (Wildman–Crippen MR) is 92.2 cm³/mol. The minimum absolute atomic E-state index is 0.0203. The molecule has 0 unspecified atom stereocenters. The molecular weight excluding hydrogens is 326 g/mol. The van der Waals surface area contributed by atoms with Crippen LogP contribution in [0.25, 0.3) is 11.5 Å². The van der Waals surface area contributed by atoms with Gasteiger partial charge in [-0.05, 0) is 43.7 Å². The Balaban J connectivity index is 1.75. The second-order valence-corrected chi connectivity index (χ2v) is 5.88. The Morgan fingerprint density at radius 1 is 1.17 bits per heavy atom. The predicted octanol–water partition coefficient (Wildman–Crippen LogP) is 4.76. The fraction of sp³-hybridized carbons (Fsp3) is 0.158. The lowest BCUT2D eigenvalue weighted by Gasteiger charge is -2.06. The van der Waals surface area contributed by atoms with Gasteiger partial charge in [0.2, 0.25) is 5.89 Å². The number of aromatic nitrogens is 1. The van der Waals surface area contributed by atoms with Crippen LogP contribution in [0.2, 0.25) is 5.02 Å². The van der Waals surface area contributed by atoms with Gasteiger partial charge in [-0.2, -0.15) is 0 Å². The van der Waals surface area contributed by atoms with E-state index < -0.39 is 5.97 Å². The third kappa shape index (κ3) is 3.66. The molecule has 0 atom stereocenters. The van der Waals surface area contributed by atoms with Crippen LogP contribution in [0.4, 0.5) is 0 Å². The van der Waals surface area contributed by atoms with Crippen molar-refractivity contribution in [2.75, 3.05) is 0 Å². The van der Waals surface area contributed by atoms with Crippen molar-refractivity contribution in [3.63, 3.8) is 0 Å². The first kappa shape index (κ1) is 16.3. The number of ether oxygens (including phenoxy) is 1. The third-order valence-corrected chi connectivity index (χ3v) is 3.85. The lowest BCUT2D eigenvalue weighted by atomic mass is 10.2. The molecule has 4 nitrogen and oxygen atoms in total. The average molecular weight is 342 g/mol. The van der Waals surface area contributed by atoms with Crippen LogP contribution in [-0.4, -0.2) is 11.0 Å². The molecule has 0 aliphatic carbocycles. The molecule has 0 bridgehead atoms. The normalized spacial score (nSPS) is 10.6. The van der Waals surface area contributed by atoms with Gasteiger partial charge in [-0.15, -0.1) is 0 Å². The fourth-order valence-corrected chi connectivity index (χ4v) is 2.44. The SMILES string of the molecule is Cc1ccc(Cl)c(OC(=O)Cc2nc(-c3ccccc3)oc2C)c1. The molecule has 3 rings (SSSR count). The number of aryl methyl sites for hydroxylation is 2. The molecule has 0 saturated carbocycles. The standard InChI is InChI=1S/C19H16ClNO3/c1-12-8-9-15(20)17(10-12)24-18(22)11-16-13(2)23-19(21-16)14-6-4-3-5-7-14/h3-10H,11H2,1-2H3. The van der Waals surface area contributed by atoms with Crippen molar-refractivity contribution in [3.05, 3.63) is 70.6 Å². The van der Waals surface area contributed by atoms with E-state index >= 15 is 0 Å².